The molecule has 1 aromatic carbocycles. The Morgan fingerprint density at radius 2 is 2.18 bits per heavy atom. The van der Waals surface area contributed by atoms with Gasteiger partial charge in [-0.3, -0.25) is 0 Å². The van der Waals surface area contributed by atoms with E-state index >= 15 is 0 Å². The highest BCUT2D eigenvalue weighted by atomic mass is 16.5. The molecule has 2 heterocycles. The topological polar surface area (TPSA) is 81.2 Å². The molecule has 1 fully saturated rings. The van der Waals surface area contributed by atoms with Gasteiger partial charge in [0.2, 0.25) is 5.95 Å². The molecular weight excluding hydrogens is 282 g/mol. The van der Waals surface area contributed by atoms with Crippen LogP contribution >= 0.6 is 0 Å². The summed E-state index contributed by atoms with van der Waals surface area (Å²) in [6, 6.07) is 7.60. The summed E-state index contributed by atoms with van der Waals surface area (Å²) in [5.74, 6) is 1.94. The number of hydrogen-bond donors (Lipinski definition) is 2. The summed E-state index contributed by atoms with van der Waals surface area (Å²) < 4.78 is 10.7. The molecule has 0 amide bonds. The van der Waals surface area contributed by atoms with Crippen molar-refractivity contribution in [2.24, 2.45) is 0 Å². The van der Waals surface area contributed by atoms with Crippen LogP contribution in [0.15, 0.2) is 30.5 Å². The number of anilines is 3. The Balaban J connectivity index is 1.59. The van der Waals surface area contributed by atoms with Crippen molar-refractivity contribution in [1.29, 1.82) is 0 Å². The Labute approximate surface area is 129 Å². The van der Waals surface area contributed by atoms with Crippen LogP contribution in [0.5, 0.6) is 5.75 Å². The van der Waals surface area contributed by atoms with Gasteiger partial charge in [0.05, 0.1) is 19.4 Å². The van der Waals surface area contributed by atoms with Crippen LogP contribution in [0.25, 0.3) is 0 Å². The first kappa shape index (κ1) is 14.5. The van der Waals surface area contributed by atoms with Crippen LogP contribution in [0.3, 0.4) is 0 Å². The van der Waals surface area contributed by atoms with E-state index < -0.39 is 0 Å². The van der Waals surface area contributed by atoms with Crippen molar-refractivity contribution in [2.75, 3.05) is 30.9 Å². The molecular formula is C15H19N5O2. The molecule has 0 saturated carbocycles. The smallest absolute Gasteiger partial charge is 0.244 e. The average Bonchev–Trinajstić information content (AvgIpc) is 3.08. The van der Waals surface area contributed by atoms with Crippen LogP contribution in [0.1, 0.15) is 12.8 Å². The maximum Gasteiger partial charge on any atom is 0.244 e. The van der Waals surface area contributed by atoms with Crippen LogP contribution in [-0.2, 0) is 4.74 Å². The van der Waals surface area contributed by atoms with E-state index in [0.717, 1.165) is 30.9 Å². The van der Waals surface area contributed by atoms with Crippen LogP contribution in [0, 0.1) is 0 Å². The van der Waals surface area contributed by atoms with Crippen molar-refractivity contribution in [1.82, 2.24) is 15.2 Å². The average molecular weight is 301 g/mol. The Hall–Kier alpha value is -2.41. The summed E-state index contributed by atoms with van der Waals surface area (Å²) in [6.45, 7) is 1.54. The lowest BCUT2D eigenvalue weighted by Gasteiger charge is -2.11. The van der Waals surface area contributed by atoms with Gasteiger partial charge in [0.15, 0.2) is 5.82 Å². The number of benzene rings is 1. The monoisotopic (exact) mass is 301 g/mol. The predicted octanol–water partition coefficient (Wildman–Crippen LogP) is 2.21. The van der Waals surface area contributed by atoms with Gasteiger partial charge in [-0.15, -0.1) is 5.10 Å². The number of methoxy groups -OCH3 is 1. The van der Waals surface area contributed by atoms with Crippen LogP contribution in [0.2, 0.25) is 0 Å². The Morgan fingerprint density at radius 3 is 2.91 bits per heavy atom. The van der Waals surface area contributed by atoms with E-state index in [0.29, 0.717) is 18.3 Å². The van der Waals surface area contributed by atoms with Crippen molar-refractivity contribution >= 4 is 17.5 Å². The van der Waals surface area contributed by atoms with Crippen LogP contribution in [0.4, 0.5) is 17.5 Å². The van der Waals surface area contributed by atoms with Gasteiger partial charge >= 0.3 is 0 Å². The van der Waals surface area contributed by atoms with Gasteiger partial charge in [0.1, 0.15) is 5.75 Å². The number of nitrogens with one attached hydrogen (secondary N) is 2. The molecule has 116 valence electrons. The molecule has 7 heteroatoms. The number of rotatable bonds is 6. The highest BCUT2D eigenvalue weighted by molar-refractivity contribution is 5.57. The molecule has 2 aromatic rings. The second kappa shape index (κ2) is 7.04. The van der Waals surface area contributed by atoms with E-state index in [4.69, 9.17) is 9.47 Å². The summed E-state index contributed by atoms with van der Waals surface area (Å²) >= 11 is 0. The fourth-order valence-corrected chi connectivity index (χ4v) is 2.27. The SMILES string of the molecule is COc1ccc(Nc2cnnc(NCC3CCCO3)n2)cc1. The third-order valence-corrected chi connectivity index (χ3v) is 3.43. The zero-order valence-corrected chi connectivity index (χ0v) is 12.5. The summed E-state index contributed by atoms with van der Waals surface area (Å²) in [6.07, 6.45) is 4.01. The minimum atomic E-state index is 0.238. The quantitative estimate of drug-likeness (QED) is 0.846. The van der Waals surface area contributed by atoms with Gasteiger partial charge in [-0.25, -0.2) is 0 Å². The number of nitrogens with zero attached hydrogens (tertiary/aromatic N) is 3. The molecule has 22 heavy (non-hydrogen) atoms. The molecule has 0 radical (unpaired) electrons. The number of ether oxygens (including phenoxy) is 2. The van der Waals surface area contributed by atoms with Crippen molar-refractivity contribution < 1.29 is 9.47 Å². The van der Waals surface area contributed by atoms with Gasteiger partial charge in [0, 0.05) is 18.8 Å². The Kier molecular flexibility index (Phi) is 4.65. The third-order valence-electron chi connectivity index (χ3n) is 3.43. The van der Waals surface area contributed by atoms with Crippen molar-refractivity contribution in [2.45, 2.75) is 18.9 Å². The second-order valence-corrected chi connectivity index (χ2v) is 5.03. The minimum absolute atomic E-state index is 0.238. The lowest BCUT2D eigenvalue weighted by molar-refractivity contribution is 0.120. The molecule has 1 saturated heterocycles. The first-order chi connectivity index (χ1) is 10.8. The fraction of sp³-hybridized carbons (Fsp3) is 0.400. The Morgan fingerprint density at radius 1 is 1.32 bits per heavy atom. The molecule has 1 aliphatic heterocycles. The number of aromatic nitrogens is 3. The zero-order chi connectivity index (χ0) is 15.2. The van der Waals surface area contributed by atoms with E-state index in [9.17, 15) is 0 Å². The molecule has 0 aliphatic carbocycles. The lowest BCUT2D eigenvalue weighted by Crippen LogP contribution is -2.20. The fourth-order valence-electron chi connectivity index (χ4n) is 2.27. The molecule has 7 nitrogen and oxygen atoms in total. The van der Waals surface area contributed by atoms with Gasteiger partial charge < -0.3 is 20.1 Å². The highest BCUT2D eigenvalue weighted by Gasteiger charge is 2.15. The molecule has 0 spiro atoms. The molecule has 1 aliphatic rings. The first-order valence-electron chi connectivity index (χ1n) is 7.30. The minimum Gasteiger partial charge on any atom is -0.497 e. The van der Waals surface area contributed by atoms with Crippen molar-refractivity contribution in [3.63, 3.8) is 0 Å². The summed E-state index contributed by atoms with van der Waals surface area (Å²) in [7, 11) is 1.64. The van der Waals surface area contributed by atoms with Gasteiger partial charge in [-0.2, -0.15) is 10.1 Å². The van der Waals surface area contributed by atoms with Crippen molar-refractivity contribution in [3.8, 4) is 5.75 Å². The highest BCUT2D eigenvalue weighted by Crippen LogP contribution is 2.18. The maximum absolute atomic E-state index is 5.56. The first-order valence-corrected chi connectivity index (χ1v) is 7.30. The summed E-state index contributed by atoms with van der Waals surface area (Å²) in [5, 5.41) is 14.3. The molecule has 1 atom stereocenters. The number of hydrogen-bond acceptors (Lipinski definition) is 7. The van der Waals surface area contributed by atoms with E-state index in [1.54, 1.807) is 13.3 Å². The molecule has 3 rings (SSSR count). The summed E-state index contributed by atoms with van der Waals surface area (Å²) in [4.78, 5) is 4.39. The van der Waals surface area contributed by atoms with E-state index in [1.165, 1.54) is 0 Å². The second-order valence-electron chi connectivity index (χ2n) is 5.03. The largest absolute Gasteiger partial charge is 0.497 e. The molecule has 1 unspecified atom stereocenters. The summed E-state index contributed by atoms with van der Waals surface area (Å²) in [5.41, 5.74) is 0.909. The molecule has 2 N–H and O–H groups in total. The molecule has 1 aromatic heterocycles. The predicted molar refractivity (Wildman–Crippen MR) is 83.6 cm³/mol. The lowest BCUT2D eigenvalue weighted by atomic mass is 10.2. The van der Waals surface area contributed by atoms with Gasteiger partial charge in [-0.1, -0.05) is 0 Å². The van der Waals surface area contributed by atoms with Crippen molar-refractivity contribution in [3.05, 3.63) is 30.5 Å². The Bertz CT molecular complexity index is 599. The zero-order valence-electron chi connectivity index (χ0n) is 12.5. The molecule has 0 bridgehead atoms. The standard InChI is InChI=1S/C15H19N5O2/c1-21-12-6-4-11(5-7-12)18-14-10-17-20-15(19-14)16-9-13-3-2-8-22-13/h4-7,10,13H,2-3,8-9H2,1H3,(H2,16,18,19,20). The maximum atomic E-state index is 5.56. The van der Waals surface area contributed by atoms with E-state index in [-0.39, 0.29) is 6.10 Å². The van der Waals surface area contributed by atoms with E-state index in [1.807, 2.05) is 24.3 Å². The van der Waals surface area contributed by atoms with Gasteiger partial charge in [-0.05, 0) is 37.1 Å². The van der Waals surface area contributed by atoms with Crippen LogP contribution in [-0.4, -0.2) is 41.5 Å². The van der Waals surface area contributed by atoms with Gasteiger partial charge in [0.25, 0.3) is 0 Å². The normalized spacial score (nSPS) is 17.2. The van der Waals surface area contributed by atoms with E-state index in [2.05, 4.69) is 25.8 Å². The van der Waals surface area contributed by atoms with Crippen LogP contribution < -0.4 is 15.4 Å². The third kappa shape index (κ3) is 3.82.